The van der Waals surface area contributed by atoms with Gasteiger partial charge in [-0.2, -0.15) is 9.97 Å². The van der Waals surface area contributed by atoms with Crippen LogP contribution in [0.3, 0.4) is 0 Å². The van der Waals surface area contributed by atoms with Crippen LogP contribution in [-0.2, 0) is 0 Å². The molecule has 0 radical (unpaired) electrons. The first-order valence-corrected chi connectivity index (χ1v) is 7.32. The summed E-state index contributed by atoms with van der Waals surface area (Å²) < 4.78 is 0. The maximum atomic E-state index is 11.2. The van der Waals surface area contributed by atoms with Crippen molar-refractivity contribution in [1.82, 2.24) is 9.97 Å². The maximum Gasteiger partial charge on any atom is 0.353 e. The van der Waals surface area contributed by atoms with Gasteiger partial charge in [0.15, 0.2) is 5.16 Å². The van der Waals surface area contributed by atoms with E-state index in [1.54, 1.807) is 0 Å². The quantitative estimate of drug-likeness (QED) is 0.344. The summed E-state index contributed by atoms with van der Waals surface area (Å²) in [6, 6.07) is 0.0577. The molecule has 0 saturated heterocycles. The summed E-state index contributed by atoms with van der Waals surface area (Å²) in [6.07, 6.45) is 2.70. The van der Waals surface area contributed by atoms with E-state index >= 15 is 0 Å². The molecule has 7 nitrogen and oxygen atoms in total. The van der Waals surface area contributed by atoms with Crippen LogP contribution in [0, 0.1) is 10.1 Å². The summed E-state index contributed by atoms with van der Waals surface area (Å²) in [4.78, 5) is 19.1. The number of nitrogens with one attached hydrogen (secondary N) is 2. The second-order valence-corrected chi connectivity index (χ2v) is 5.01. The third-order valence-electron chi connectivity index (χ3n) is 2.20. The van der Waals surface area contributed by atoms with Gasteiger partial charge < -0.3 is 10.6 Å². The highest BCUT2D eigenvalue weighted by molar-refractivity contribution is 7.98. The highest BCUT2D eigenvalue weighted by Crippen LogP contribution is 2.32. The van der Waals surface area contributed by atoms with Gasteiger partial charge >= 0.3 is 5.69 Å². The summed E-state index contributed by atoms with van der Waals surface area (Å²) in [5.41, 5.74) is -0.0973. The fourth-order valence-corrected chi connectivity index (χ4v) is 1.80. The van der Waals surface area contributed by atoms with E-state index in [2.05, 4.69) is 20.6 Å². The first-order valence-electron chi connectivity index (χ1n) is 6.10. The summed E-state index contributed by atoms with van der Waals surface area (Å²) in [5, 5.41) is 17.7. The number of hydrogen-bond donors (Lipinski definition) is 2. The predicted octanol–water partition coefficient (Wildman–Crippen LogP) is 2.75. The Morgan fingerprint density at radius 1 is 1.37 bits per heavy atom. The van der Waals surface area contributed by atoms with Crippen LogP contribution in [0.2, 0.25) is 0 Å². The molecule has 0 saturated carbocycles. The van der Waals surface area contributed by atoms with Gasteiger partial charge in [-0.15, -0.1) is 0 Å². The molecular formula is C11H19N5O2S. The molecule has 8 heteroatoms. The molecule has 0 bridgehead atoms. The van der Waals surface area contributed by atoms with Crippen LogP contribution in [0.4, 0.5) is 17.3 Å². The molecule has 0 spiro atoms. The molecule has 0 fully saturated rings. The number of nitro groups is 1. The Morgan fingerprint density at radius 2 is 2.00 bits per heavy atom. The van der Waals surface area contributed by atoms with Crippen molar-refractivity contribution in [1.29, 1.82) is 0 Å². The lowest BCUT2D eigenvalue weighted by atomic mass is 10.3. The Bertz CT molecular complexity index is 453. The molecule has 2 N–H and O–H groups in total. The van der Waals surface area contributed by atoms with Crippen LogP contribution in [0.25, 0.3) is 0 Å². The SMILES string of the molecule is CCCNc1nc(SC)nc(NC(C)C)c1[N+](=O)[O-]. The molecule has 0 aliphatic rings. The van der Waals surface area contributed by atoms with E-state index in [9.17, 15) is 10.1 Å². The van der Waals surface area contributed by atoms with Crippen LogP contribution < -0.4 is 10.6 Å². The van der Waals surface area contributed by atoms with Crippen LogP contribution >= 0.6 is 11.8 Å². The summed E-state index contributed by atoms with van der Waals surface area (Å²) in [7, 11) is 0. The van der Waals surface area contributed by atoms with Gasteiger partial charge in [-0.3, -0.25) is 10.1 Å². The van der Waals surface area contributed by atoms with Crippen molar-refractivity contribution in [2.24, 2.45) is 0 Å². The topological polar surface area (TPSA) is 93.0 Å². The summed E-state index contributed by atoms with van der Waals surface area (Å²) >= 11 is 1.35. The predicted molar refractivity (Wildman–Crippen MR) is 78.0 cm³/mol. The lowest BCUT2D eigenvalue weighted by Crippen LogP contribution is -2.16. The molecule has 0 unspecified atom stereocenters. The Hall–Kier alpha value is -1.57. The third-order valence-corrected chi connectivity index (χ3v) is 2.74. The van der Waals surface area contributed by atoms with Gasteiger partial charge in [0, 0.05) is 12.6 Å². The van der Waals surface area contributed by atoms with Crippen molar-refractivity contribution in [2.45, 2.75) is 38.4 Å². The second kappa shape index (κ2) is 7.13. The minimum atomic E-state index is -0.452. The molecule has 1 aromatic heterocycles. The third kappa shape index (κ3) is 4.23. The smallest absolute Gasteiger partial charge is 0.353 e. The number of anilines is 2. The maximum absolute atomic E-state index is 11.2. The van der Waals surface area contributed by atoms with Crippen molar-refractivity contribution in [2.75, 3.05) is 23.4 Å². The fraction of sp³-hybridized carbons (Fsp3) is 0.636. The van der Waals surface area contributed by atoms with E-state index in [0.717, 1.165) is 6.42 Å². The number of nitrogens with zero attached hydrogens (tertiary/aromatic N) is 3. The molecule has 0 aliphatic heterocycles. The van der Waals surface area contributed by atoms with Crippen LogP contribution in [0.5, 0.6) is 0 Å². The highest BCUT2D eigenvalue weighted by Gasteiger charge is 2.24. The van der Waals surface area contributed by atoms with E-state index < -0.39 is 4.92 Å². The fourth-order valence-electron chi connectivity index (χ4n) is 1.44. The molecule has 1 aromatic rings. The monoisotopic (exact) mass is 285 g/mol. The lowest BCUT2D eigenvalue weighted by molar-refractivity contribution is -0.383. The first-order chi connectivity index (χ1) is 8.99. The minimum Gasteiger partial charge on any atom is -0.364 e. The van der Waals surface area contributed by atoms with Gasteiger partial charge in [-0.25, -0.2) is 0 Å². The van der Waals surface area contributed by atoms with Gasteiger partial charge in [0.1, 0.15) is 0 Å². The van der Waals surface area contributed by atoms with Crippen molar-refractivity contribution < 1.29 is 4.92 Å². The van der Waals surface area contributed by atoms with Crippen LogP contribution in [0.15, 0.2) is 5.16 Å². The molecular weight excluding hydrogens is 266 g/mol. The van der Waals surface area contributed by atoms with E-state index in [4.69, 9.17) is 0 Å². The average Bonchev–Trinajstić information content (AvgIpc) is 2.34. The van der Waals surface area contributed by atoms with E-state index in [1.165, 1.54) is 11.8 Å². The summed E-state index contributed by atoms with van der Waals surface area (Å²) in [6.45, 7) is 6.43. The van der Waals surface area contributed by atoms with Gasteiger partial charge in [0.2, 0.25) is 11.6 Å². The van der Waals surface area contributed by atoms with Gasteiger partial charge in [-0.1, -0.05) is 18.7 Å². The summed E-state index contributed by atoms with van der Waals surface area (Å²) in [5.74, 6) is 0.535. The normalized spacial score (nSPS) is 10.6. The molecule has 19 heavy (non-hydrogen) atoms. The van der Waals surface area contributed by atoms with Crippen molar-refractivity contribution >= 4 is 29.1 Å². The number of aromatic nitrogens is 2. The average molecular weight is 285 g/mol. The number of rotatable bonds is 7. The molecule has 1 heterocycles. The largest absolute Gasteiger partial charge is 0.364 e. The molecule has 0 amide bonds. The molecule has 1 rings (SSSR count). The molecule has 0 aromatic carbocycles. The Balaban J connectivity index is 3.28. The van der Waals surface area contributed by atoms with Crippen LogP contribution in [0.1, 0.15) is 27.2 Å². The van der Waals surface area contributed by atoms with Crippen molar-refractivity contribution in [3.05, 3.63) is 10.1 Å². The van der Waals surface area contributed by atoms with Crippen LogP contribution in [-0.4, -0.2) is 33.7 Å². The Kier molecular flexibility index (Phi) is 5.81. The van der Waals surface area contributed by atoms with E-state index in [0.29, 0.717) is 11.7 Å². The van der Waals surface area contributed by atoms with Crippen molar-refractivity contribution in [3.8, 4) is 0 Å². The Morgan fingerprint density at radius 3 is 2.47 bits per heavy atom. The molecule has 106 valence electrons. The number of thioether (sulfide) groups is 1. The van der Waals surface area contributed by atoms with Gasteiger partial charge in [0.25, 0.3) is 0 Å². The zero-order valence-corrected chi connectivity index (χ0v) is 12.4. The first kappa shape index (κ1) is 15.5. The highest BCUT2D eigenvalue weighted by atomic mass is 32.2. The lowest BCUT2D eigenvalue weighted by Gasteiger charge is -2.13. The second-order valence-electron chi connectivity index (χ2n) is 4.24. The molecule has 0 aliphatic carbocycles. The molecule has 0 atom stereocenters. The van der Waals surface area contributed by atoms with E-state index in [-0.39, 0.29) is 23.4 Å². The standard InChI is InChI=1S/C11H19N5O2S/c1-5-6-12-9-8(16(17)18)10(13-7(2)3)15-11(14-9)19-4/h7H,5-6H2,1-4H3,(H2,12,13,14,15). The van der Waals surface area contributed by atoms with Gasteiger partial charge in [0.05, 0.1) is 4.92 Å². The van der Waals surface area contributed by atoms with Gasteiger partial charge in [-0.05, 0) is 26.5 Å². The zero-order valence-electron chi connectivity index (χ0n) is 11.6. The minimum absolute atomic E-state index is 0.0577. The number of hydrogen-bond acceptors (Lipinski definition) is 7. The zero-order chi connectivity index (χ0) is 14.4. The van der Waals surface area contributed by atoms with Crippen molar-refractivity contribution in [3.63, 3.8) is 0 Å². The van der Waals surface area contributed by atoms with E-state index in [1.807, 2.05) is 27.0 Å². The Labute approximate surface area is 116 Å².